The van der Waals surface area contributed by atoms with Crippen molar-refractivity contribution in [1.82, 2.24) is 5.32 Å². The number of carbonyl (C=O) groups is 1. The average Bonchev–Trinajstić information content (AvgIpc) is 2.26. The molecule has 1 saturated carbocycles. The van der Waals surface area contributed by atoms with Gasteiger partial charge in [-0.05, 0) is 18.3 Å². The van der Waals surface area contributed by atoms with E-state index in [1.54, 1.807) is 20.8 Å². The molecule has 1 aliphatic carbocycles. The quantitative estimate of drug-likeness (QED) is 0.817. The van der Waals surface area contributed by atoms with E-state index in [2.05, 4.69) is 5.32 Å². The third-order valence-corrected chi connectivity index (χ3v) is 3.73. The van der Waals surface area contributed by atoms with Crippen LogP contribution in [0, 0.1) is 11.3 Å². The van der Waals surface area contributed by atoms with Gasteiger partial charge in [-0.3, -0.25) is 4.79 Å². The van der Waals surface area contributed by atoms with Gasteiger partial charge in [0, 0.05) is 6.04 Å². The van der Waals surface area contributed by atoms with E-state index in [1.165, 1.54) is 0 Å². The molecule has 3 N–H and O–H groups in total. The number of rotatable bonds is 2. The zero-order chi connectivity index (χ0) is 14.8. The lowest BCUT2D eigenvalue weighted by molar-refractivity contribution is -0.189. The van der Waals surface area contributed by atoms with E-state index in [4.69, 9.17) is 5.73 Å². The van der Waals surface area contributed by atoms with Crippen LogP contribution in [-0.4, -0.2) is 24.2 Å². The second-order valence-electron chi connectivity index (χ2n) is 6.39. The molecule has 3 atom stereocenters. The zero-order valence-corrected chi connectivity index (χ0v) is 11.7. The summed E-state index contributed by atoms with van der Waals surface area (Å²) in [7, 11) is 0. The molecule has 0 aromatic heterocycles. The highest BCUT2D eigenvalue weighted by Gasteiger charge is 2.46. The third kappa shape index (κ3) is 4.37. The molecule has 1 aliphatic rings. The molecule has 0 radical (unpaired) electrons. The summed E-state index contributed by atoms with van der Waals surface area (Å²) in [4.78, 5) is 11.9. The SMILES string of the molecule is CC(C)(C)[C@H](N)C(=O)NC1CCCCC1C(F)(F)F. The summed E-state index contributed by atoms with van der Waals surface area (Å²) in [5, 5.41) is 2.50. The van der Waals surface area contributed by atoms with Crippen LogP contribution in [0.2, 0.25) is 0 Å². The highest BCUT2D eigenvalue weighted by molar-refractivity contribution is 5.82. The van der Waals surface area contributed by atoms with Crippen molar-refractivity contribution in [3.63, 3.8) is 0 Å². The molecule has 1 rings (SSSR count). The molecule has 0 heterocycles. The van der Waals surface area contributed by atoms with Gasteiger partial charge in [-0.1, -0.05) is 33.6 Å². The topological polar surface area (TPSA) is 55.1 Å². The highest BCUT2D eigenvalue weighted by Crippen LogP contribution is 2.37. The first-order valence-electron chi connectivity index (χ1n) is 6.66. The van der Waals surface area contributed by atoms with E-state index in [1.807, 2.05) is 0 Å². The van der Waals surface area contributed by atoms with Gasteiger partial charge in [-0.2, -0.15) is 13.2 Å². The fourth-order valence-corrected chi connectivity index (χ4v) is 2.36. The Bertz CT molecular complexity index is 323. The number of nitrogens with one attached hydrogen (secondary N) is 1. The van der Waals surface area contributed by atoms with Gasteiger partial charge in [0.2, 0.25) is 5.91 Å². The molecular formula is C13H23F3N2O. The predicted molar refractivity (Wildman–Crippen MR) is 67.4 cm³/mol. The first-order valence-corrected chi connectivity index (χ1v) is 6.66. The smallest absolute Gasteiger partial charge is 0.351 e. The van der Waals surface area contributed by atoms with Crippen LogP contribution < -0.4 is 11.1 Å². The van der Waals surface area contributed by atoms with Gasteiger partial charge in [0.1, 0.15) is 0 Å². The molecule has 2 unspecified atom stereocenters. The molecule has 0 aromatic carbocycles. The van der Waals surface area contributed by atoms with Gasteiger partial charge in [0.05, 0.1) is 12.0 Å². The van der Waals surface area contributed by atoms with Gasteiger partial charge in [-0.25, -0.2) is 0 Å². The molecule has 112 valence electrons. The number of carbonyl (C=O) groups excluding carboxylic acids is 1. The van der Waals surface area contributed by atoms with E-state index < -0.39 is 35.5 Å². The summed E-state index contributed by atoms with van der Waals surface area (Å²) in [6, 6.07) is -1.64. The Morgan fingerprint density at radius 2 is 1.74 bits per heavy atom. The van der Waals surface area contributed by atoms with Gasteiger partial charge in [0.25, 0.3) is 0 Å². The Kier molecular flexibility index (Phi) is 4.87. The summed E-state index contributed by atoms with van der Waals surface area (Å²) in [6.07, 6.45) is -2.54. The lowest BCUT2D eigenvalue weighted by Gasteiger charge is -2.35. The van der Waals surface area contributed by atoms with Crippen LogP contribution in [0.3, 0.4) is 0 Å². The summed E-state index contributed by atoms with van der Waals surface area (Å²) >= 11 is 0. The first-order chi connectivity index (χ1) is 8.53. The lowest BCUT2D eigenvalue weighted by Crippen LogP contribution is -2.55. The Balaban J connectivity index is 2.71. The zero-order valence-electron chi connectivity index (χ0n) is 11.7. The van der Waals surface area contributed by atoms with Gasteiger partial charge < -0.3 is 11.1 Å². The number of hydrogen-bond donors (Lipinski definition) is 2. The second-order valence-corrected chi connectivity index (χ2v) is 6.39. The van der Waals surface area contributed by atoms with Crippen molar-refractivity contribution in [2.75, 3.05) is 0 Å². The summed E-state index contributed by atoms with van der Waals surface area (Å²) in [6.45, 7) is 5.37. The number of halogens is 3. The fraction of sp³-hybridized carbons (Fsp3) is 0.923. The minimum atomic E-state index is -4.26. The Hall–Kier alpha value is -0.780. The molecule has 0 spiro atoms. The fourth-order valence-electron chi connectivity index (χ4n) is 2.36. The maximum atomic E-state index is 12.9. The van der Waals surface area contributed by atoms with E-state index in [0.29, 0.717) is 19.3 Å². The van der Waals surface area contributed by atoms with E-state index in [-0.39, 0.29) is 6.42 Å². The molecule has 6 heteroatoms. The standard InChI is InChI=1S/C13H23F3N2O/c1-12(2,3)10(17)11(19)18-9-7-5-4-6-8(9)13(14,15)16/h8-10H,4-7,17H2,1-3H3,(H,18,19)/t8?,9?,10-/m1/s1. The van der Waals surface area contributed by atoms with Crippen molar-refractivity contribution < 1.29 is 18.0 Å². The van der Waals surface area contributed by atoms with Crippen LogP contribution >= 0.6 is 0 Å². The second kappa shape index (κ2) is 5.69. The summed E-state index contributed by atoms with van der Waals surface area (Å²) in [5.74, 6) is -1.94. The molecule has 1 fully saturated rings. The van der Waals surface area contributed by atoms with Crippen molar-refractivity contribution in [3.8, 4) is 0 Å². The molecular weight excluding hydrogens is 257 g/mol. The average molecular weight is 280 g/mol. The van der Waals surface area contributed by atoms with E-state index in [9.17, 15) is 18.0 Å². The number of amides is 1. The van der Waals surface area contributed by atoms with Crippen molar-refractivity contribution in [2.24, 2.45) is 17.1 Å². The maximum absolute atomic E-state index is 12.9. The summed E-state index contributed by atoms with van der Waals surface area (Å²) < 4.78 is 38.7. The molecule has 0 saturated heterocycles. The molecule has 0 aliphatic heterocycles. The minimum absolute atomic E-state index is 0.0825. The Morgan fingerprint density at radius 1 is 1.21 bits per heavy atom. The van der Waals surface area contributed by atoms with Crippen LogP contribution in [0.15, 0.2) is 0 Å². The van der Waals surface area contributed by atoms with Crippen molar-refractivity contribution in [1.29, 1.82) is 0 Å². The van der Waals surface area contributed by atoms with Crippen LogP contribution in [0.5, 0.6) is 0 Å². The molecule has 19 heavy (non-hydrogen) atoms. The highest BCUT2D eigenvalue weighted by atomic mass is 19.4. The number of alkyl halides is 3. The first kappa shape index (κ1) is 16.3. The number of nitrogens with two attached hydrogens (primary N) is 1. The van der Waals surface area contributed by atoms with Gasteiger partial charge in [-0.15, -0.1) is 0 Å². The molecule has 1 amide bonds. The molecule has 3 nitrogen and oxygen atoms in total. The number of hydrogen-bond acceptors (Lipinski definition) is 2. The maximum Gasteiger partial charge on any atom is 0.393 e. The van der Waals surface area contributed by atoms with Crippen molar-refractivity contribution >= 4 is 5.91 Å². The van der Waals surface area contributed by atoms with Crippen molar-refractivity contribution in [2.45, 2.75) is 64.7 Å². The predicted octanol–water partition coefficient (Wildman–Crippen LogP) is 2.60. The largest absolute Gasteiger partial charge is 0.393 e. The van der Waals surface area contributed by atoms with Crippen LogP contribution in [0.1, 0.15) is 46.5 Å². The van der Waals surface area contributed by atoms with Crippen LogP contribution in [0.4, 0.5) is 13.2 Å². The third-order valence-electron chi connectivity index (χ3n) is 3.73. The molecule has 0 aromatic rings. The lowest BCUT2D eigenvalue weighted by atomic mass is 9.82. The Morgan fingerprint density at radius 3 is 2.21 bits per heavy atom. The minimum Gasteiger partial charge on any atom is -0.351 e. The normalized spacial score (nSPS) is 26.9. The Labute approximate surface area is 112 Å². The van der Waals surface area contributed by atoms with Crippen LogP contribution in [-0.2, 0) is 4.79 Å². The summed E-state index contributed by atoms with van der Waals surface area (Å²) in [5.41, 5.74) is 5.31. The van der Waals surface area contributed by atoms with Crippen LogP contribution in [0.25, 0.3) is 0 Å². The van der Waals surface area contributed by atoms with Gasteiger partial charge in [0.15, 0.2) is 0 Å². The monoisotopic (exact) mass is 280 g/mol. The van der Waals surface area contributed by atoms with E-state index in [0.717, 1.165) is 0 Å². The van der Waals surface area contributed by atoms with E-state index >= 15 is 0 Å². The van der Waals surface area contributed by atoms with Crippen molar-refractivity contribution in [3.05, 3.63) is 0 Å². The van der Waals surface area contributed by atoms with Gasteiger partial charge >= 0.3 is 6.18 Å². The molecule has 0 bridgehead atoms.